The van der Waals surface area contributed by atoms with Gasteiger partial charge < -0.3 is 10.4 Å². The molecule has 0 aromatic carbocycles. The van der Waals surface area contributed by atoms with Gasteiger partial charge in [0.1, 0.15) is 5.82 Å². The average molecular weight is 270 g/mol. The van der Waals surface area contributed by atoms with Crippen molar-refractivity contribution in [1.29, 1.82) is 0 Å². The molecular weight excluding hydrogens is 262 g/mol. The molecule has 17 heavy (non-hydrogen) atoms. The summed E-state index contributed by atoms with van der Waals surface area (Å²) < 4.78 is 0. The molecule has 0 atom stereocenters. The molecule has 0 aliphatic rings. The second-order valence-corrected chi connectivity index (χ2v) is 4.50. The summed E-state index contributed by atoms with van der Waals surface area (Å²) >= 11 is 7.04. The molecule has 0 aliphatic heterocycles. The van der Waals surface area contributed by atoms with Crippen molar-refractivity contribution in [3.05, 3.63) is 34.4 Å². The summed E-state index contributed by atoms with van der Waals surface area (Å²) in [5, 5.41) is 14.4. The molecule has 2 heterocycles. The molecule has 0 radical (unpaired) electrons. The van der Waals surface area contributed by atoms with Crippen LogP contribution in [-0.4, -0.2) is 21.0 Å². The summed E-state index contributed by atoms with van der Waals surface area (Å²) in [5.74, 6) is -0.280. The number of carboxylic acids is 1. The fourth-order valence-corrected chi connectivity index (χ4v) is 1.99. The number of carboxylic acid groups (broad SMARTS) is 1. The molecule has 88 valence electrons. The predicted octanol–water partition coefficient (Wildman–Crippen LogP) is 2.56. The van der Waals surface area contributed by atoms with Crippen molar-refractivity contribution in [2.75, 3.05) is 5.32 Å². The number of thiazole rings is 1. The first kappa shape index (κ1) is 11.8. The topological polar surface area (TPSA) is 75.1 Å². The van der Waals surface area contributed by atoms with Gasteiger partial charge in [0.05, 0.1) is 17.1 Å². The second kappa shape index (κ2) is 5.11. The van der Waals surface area contributed by atoms with Gasteiger partial charge >= 0.3 is 5.97 Å². The average Bonchev–Trinajstić information content (AvgIpc) is 2.68. The highest BCUT2D eigenvalue weighted by molar-refractivity contribution is 7.13. The second-order valence-electron chi connectivity index (χ2n) is 3.20. The number of pyridine rings is 1. The van der Waals surface area contributed by atoms with E-state index in [0.29, 0.717) is 21.7 Å². The maximum Gasteiger partial charge on any atom is 0.309 e. The zero-order valence-corrected chi connectivity index (χ0v) is 10.1. The Kier molecular flexibility index (Phi) is 3.55. The molecule has 0 amide bonds. The van der Waals surface area contributed by atoms with E-state index in [9.17, 15) is 4.79 Å². The van der Waals surface area contributed by atoms with E-state index in [1.54, 1.807) is 17.5 Å². The van der Waals surface area contributed by atoms with Crippen LogP contribution in [0.1, 0.15) is 5.69 Å². The van der Waals surface area contributed by atoms with Crippen molar-refractivity contribution in [2.45, 2.75) is 6.42 Å². The van der Waals surface area contributed by atoms with E-state index in [1.807, 2.05) is 0 Å². The molecule has 2 aromatic rings. The standard InChI is InChI=1S/C10H8ClN3O2S/c11-6-1-2-8(12-4-6)14-10-13-7(5-17-10)3-9(15)16/h1-2,4-5H,3H2,(H,15,16)(H,12,13,14). The highest BCUT2D eigenvalue weighted by atomic mass is 35.5. The lowest BCUT2D eigenvalue weighted by Crippen LogP contribution is -2.00. The van der Waals surface area contributed by atoms with Crippen molar-refractivity contribution in [1.82, 2.24) is 9.97 Å². The Morgan fingerprint density at radius 3 is 3.00 bits per heavy atom. The molecule has 0 saturated carbocycles. The van der Waals surface area contributed by atoms with Gasteiger partial charge in [-0.25, -0.2) is 9.97 Å². The minimum Gasteiger partial charge on any atom is -0.481 e. The molecule has 0 bridgehead atoms. The number of aromatic nitrogens is 2. The van der Waals surface area contributed by atoms with Crippen LogP contribution in [0, 0.1) is 0 Å². The largest absolute Gasteiger partial charge is 0.481 e. The van der Waals surface area contributed by atoms with Gasteiger partial charge in [0.25, 0.3) is 0 Å². The minimum atomic E-state index is -0.897. The van der Waals surface area contributed by atoms with E-state index in [4.69, 9.17) is 16.7 Å². The Bertz CT molecular complexity index is 527. The maximum absolute atomic E-state index is 10.5. The lowest BCUT2D eigenvalue weighted by molar-refractivity contribution is -0.136. The van der Waals surface area contributed by atoms with Gasteiger partial charge in [0.2, 0.25) is 0 Å². The Morgan fingerprint density at radius 1 is 1.53 bits per heavy atom. The van der Waals surface area contributed by atoms with E-state index < -0.39 is 5.97 Å². The third-order valence-electron chi connectivity index (χ3n) is 1.85. The van der Waals surface area contributed by atoms with Gasteiger partial charge in [0.15, 0.2) is 5.13 Å². The number of rotatable bonds is 4. The van der Waals surface area contributed by atoms with Gasteiger partial charge in [-0.2, -0.15) is 0 Å². The smallest absolute Gasteiger partial charge is 0.309 e. The summed E-state index contributed by atoms with van der Waals surface area (Å²) in [7, 11) is 0. The van der Waals surface area contributed by atoms with Crippen LogP contribution >= 0.6 is 22.9 Å². The van der Waals surface area contributed by atoms with Crippen molar-refractivity contribution >= 4 is 39.9 Å². The maximum atomic E-state index is 10.5. The van der Waals surface area contributed by atoms with Crippen molar-refractivity contribution in [3.63, 3.8) is 0 Å². The molecule has 0 unspecified atom stereocenters. The first-order chi connectivity index (χ1) is 8.13. The lowest BCUT2D eigenvalue weighted by Gasteiger charge is -2.00. The van der Waals surface area contributed by atoms with Gasteiger partial charge in [0, 0.05) is 11.6 Å². The monoisotopic (exact) mass is 269 g/mol. The minimum absolute atomic E-state index is 0.0772. The highest BCUT2D eigenvalue weighted by Crippen LogP contribution is 2.20. The summed E-state index contributed by atoms with van der Waals surface area (Å²) in [6, 6.07) is 3.43. The van der Waals surface area contributed by atoms with Gasteiger partial charge in [-0.15, -0.1) is 11.3 Å². The van der Waals surface area contributed by atoms with E-state index in [2.05, 4.69) is 15.3 Å². The van der Waals surface area contributed by atoms with Crippen LogP contribution in [0.15, 0.2) is 23.7 Å². The quantitative estimate of drug-likeness (QED) is 0.892. The zero-order valence-electron chi connectivity index (χ0n) is 8.55. The summed E-state index contributed by atoms with van der Waals surface area (Å²) in [5.41, 5.74) is 0.527. The van der Waals surface area contributed by atoms with Crippen molar-refractivity contribution in [2.24, 2.45) is 0 Å². The number of nitrogens with one attached hydrogen (secondary N) is 1. The normalized spacial score (nSPS) is 10.2. The van der Waals surface area contributed by atoms with Crippen LogP contribution in [0.3, 0.4) is 0 Å². The number of hydrogen-bond donors (Lipinski definition) is 2. The summed E-state index contributed by atoms with van der Waals surface area (Å²) in [4.78, 5) is 18.7. The number of hydrogen-bond acceptors (Lipinski definition) is 5. The van der Waals surface area contributed by atoms with Crippen molar-refractivity contribution in [3.8, 4) is 0 Å². The third kappa shape index (κ3) is 3.40. The van der Waals surface area contributed by atoms with E-state index >= 15 is 0 Å². The van der Waals surface area contributed by atoms with Crippen LogP contribution in [-0.2, 0) is 11.2 Å². The van der Waals surface area contributed by atoms with Crippen molar-refractivity contribution < 1.29 is 9.90 Å². The zero-order chi connectivity index (χ0) is 12.3. The fraction of sp³-hybridized carbons (Fsp3) is 0.100. The van der Waals surface area contributed by atoms with Gasteiger partial charge in [-0.1, -0.05) is 11.6 Å². The van der Waals surface area contributed by atoms with Gasteiger partial charge in [-0.3, -0.25) is 4.79 Å². The SMILES string of the molecule is O=C(O)Cc1csc(Nc2ccc(Cl)cn2)n1. The Morgan fingerprint density at radius 2 is 2.35 bits per heavy atom. The van der Waals surface area contributed by atoms with Crippen LogP contribution in [0.2, 0.25) is 5.02 Å². The predicted molar refractivity (Wildman–Crippen MR) is 66.0 cm³/mol. The molecule has 5 nitrogen and oxygen atoms in total. The number of nitrogens with zero attached hydrogens (tertiary/aromatic N) is 2. The third-order valence-corrected chi connectivity index (χ3v) is 2.88. The molecule has 0 saturated heterocycles. The number of anilines is 2. The highest BCUT2D eigenvalue weighted by Gasteiger charge is 2.06. The molecule has 0 spiro atoms. The van der Waals surface area contributed by atoms with E-state index in [1.165, 1.54) is 17.5 Å². The fourth-order valence-electron chi connectivity index (χ4n) is 1.16. The lowest BCUT2D eigenvalue weighted by atomic mass is 10.3. The Hall–Kier alpha value is -1.66. The van der Waals surface area contributed by atoms with E-state index in [-0.39, 0.29) is 6.42 Å². The number of halogens is 1. The number of aliphatic carboxylic acids is 1. The van der Waals surface area contributed by atoms with Crippen LogP contribution in [0.25, 0.3) is 0 Å². The Labute approximate surface area is 106 Å². The molecule has 2 aromatic heterocycles. The first-order valence-corrected chi connectivity index (χ1v) is 5.94. The van der Waals surface area contributed by atoms with Gasteiger partial charge in [-0.05, 0) is 12.1 Å². The molecular formula is C10H8ClN3O2S. The van der Waals surface area contributed by atoms with Crippen LogP contribution < -0.4 is 5.32 Å². The first-order valence-electron chi connectivity index (χ1n) is 4.68. The molecule has 7 heteroatoms. The molecule has 2 N–H and O–H groups in total. The summed E-state index contributed by atoms with van der Waals surface area (Å²) in [6.07, 6.45) is 1.45. The Balaban J connectivity index is 2.06. The number of carbonyl (C=O) groups is 1. The van der Waals surface area contributed by atoms with E-state index in [0.717, 1.165) is 0 Å². The molecule has 0 fully saturated rings. The molecule has 2 rings (SSSR count). The molecule has 0 aliphatic carbocycles. The van der Waals surface area contributed by atoms with Crippen LogP contribution in [0.4, 0.5) is 10.9 Å². The summed E-state index contributed by atoms with van der Waals surface area (Å²) in [6.45, 7) is 0. The van der Waals surface area contributed by atoms with Crippen LogP contribution in [0.5, 0.6) is 0 Å².